The number of aryl methyl sites for hydroxylation is 2. The highest BCUT2D eigenvalue weighted by molar-refractivity contribution is 6.07. The molecule has 0 aliphatic carbocycles. The minimum Gasteiger partial charge on any atom is -0.454 e. The van der Waals surface area contributed by atoms with E-state index in [1.165, 1.54) is 4.90 Å². The number of nitrogens with one attached hydrogen (secondary N) is 1. The van der Waals surface area contributed by atoms with Gasteiger partial charge in [-0.15, -0.1) is 0 Å². The molecule has 1 atom stereocenters. The SMILES string of the molecule is Cc1cc(C)cc(CN2C(=O)N[C@](C)(c3ccc4c(c3)OCO4)C2=O)c1. The summed E-state index contributed by atoms with van der Waals surface area (Å²) in [5, 5.41) is 2.83. The molecule has 1 N–H and O–H groups in total. The van der Waals surface area contributed by atoms with E-state index < -0.39 is 11.6 Å². The van der Waals surface area contributed by atoms with Crippen LogP contribution in [0.15, 0.2) is 36.4 Å². The Hall–Kier alpha value is -3.02. The first kappa shape index (κ1) is 16.4. The van der Waals surface area contributed by atoms with Crippen molar-refractivity contribution in [3.8, 4) is 11.5 Å². The van der Waals surface area contributed by atoms with Crippen LogP contribution < -0.4 is 14.8 Å². The molecular weight excluding hydrogens is 332 g/mol. The fourth-order valence-electron chi connectivity index (χ4n) is 3.59. The smallest absolute Gasteiger partial charge is 0.325 e. The number of imide groups is 1. The maximum absolute atomic E-state index is 13.1. The highest BCUT2D eigenvalue weighted by atomic mass is 16.7. The van der Waals surface area contributed by atoms with Gasteiger partial charge in [0.15, 0.2) is 11.5 Å². The van der Waals surface area contributed by atoms with Crippen molar-refractivity contribution in [1.29, 1.82) is 0 Å². The van der Waals surface area contributed by atoms with Crippen LogP contribution in [-0.4, -0.2) is 23.6 Å². The van der Waals surface area contributed by atoms with Crippen LogP contribution >= 0.6 is 0 Å². The van der Waals surface area contributed by atoms with Crippen molar-refractivity contribution in [1.82, 2.24) is 10.2 Å². The number of hydrogen-bond donors (Lipinski definition) is 1. The zero-order valence-electron chi connectivity index (χ0n) is 15.0. The molecule has 4 rings (SSSR count). The van der Waals surface area contributed by atoms with Crippen molar-refractivity contribution in [3.63, 3.8) is 0 Å². The molecule has 134 valence electrons. The van der Waals surface area contributed by atoms with Gasteiger partial charge in [-0.2, -0.15) is 0 Å². The number of ether oxygens (including phenoxy) is 2. The third-order valence-electron chi connectivity index (χ3n) is 4.85. The molecule has 0 radical (unpaired) electrons. The van der Waals surface area contributed by atoms with Gasteiger partial charge in [0.25, 0.3) is 5.91 Å². The fourth-order valence-corrected chi connectivity index (χ4v) is 3.59. The lowest BCUT2D eigenvalue weighted by Gasteiger charge is -2.22. The third-order valence-corrected chi connectivity index (χ3v) is 4.85. The van der Waals surface area contributed by atoms with Crippen LogP contribution in [0.3, 0.4) is 0 Å². The van der Waals surface area contributed by atoms with E-state index >= 15 is 0 Å². The van der Waals surface area contributed by atoms with Gasteiger partial charge in [0.05, 0.1) is 6.54 Å². The molecule has 1 fully saturated rings. The average molecular weight is 352 g/mol. The monoisotopic (exact) mass is 352 g/mol. The normalized spacial score (nSPS) is 21.3. The Morgan fingerprint density at radius 3 is 2.46 bits per heavy atom. The van der Waals surface area contributed by atoms with Gasteiger partial charge < -0.3 is 14.8 Å². The number of benzene rings is 2. The van der Waals surface area contributed by atoms with Crippen LogP contribution in [0.2, 0.25) is 0 Å². The number of carbonyl (C=O) groups excluding carboxylic acids is 2. The summed E-state index contributed by atoms with van der Waals surface area (Å²) in [5.74, 6) is 0.945. The average Bonchev–Trinajstić information content (AvgIpc) is 3.12. The van der Waals surface area contributed by atoms with Gasteiger partial charge in [-0.3, -0.25) is 9.69 Å². The van der Waals surface area contributed by atoms with E-state index in [1.807, 2.05) is 26.0 Å². The van der Waals surface area contributed by atoms with Gasteiger partial charge in [0.2, 0.25) is 6.79 Å². The van der Waals surface area contributed by atoms with E-state index in [2.05, 4.69) is 11.4 Å². The Bertz CT molecular complexity index is 904. The first-order valence-electron chi connectivity index (χ1n) is 8.48. The van der Waals surface area contributed by atoms with Crippen molar-refractivity contribution in [3.05, 3.63) is 58.7 Å². The van der Waals surface area contributed by atoms with Crippen LogP contribution in [0.25, 0.3) is 0 Å². The largest absolute Gasteiger partial charge is 0.454 e. The van der Waals surface area contributed by atoms with E-state index in [0.29, 0.717) is 17.1 Å². The maximum atomic E-state index is 13.1. The number of rotatable bonds is 3. The molecule has 2 heterocycles. The van der Waals surface area contributed by atoms with Gasteiger partial charge in [0.1, 0.15) is 5.54 Å². The topological polar surface area (TPSA) is 67.9 Å². The molecule has 0 spiro atoms. The van der Waals surface area contributed by atoms with Crippen molar-refractivity contribution < 1.29 is 19.1 Å². The number of hydrogen-bond acceptors (Lipinski definition) is 4. The Morgan fingerprint density at radius 2 is 1.73 bits per heavy atom. The second-order valence-electron chi connectivity index (χ2n) is 7.01. The molecule has 2 aromatic rings. The van der Waals surface area contributed by atoms with Crippen molar-refractivity contribution >= 4 is 11.9 Å². The van der Waals surface area contributed by atoms with Crippen molar-refractivity contribution in [2.45, 2.75) is 32.9 Å². The molecule has 6 nitrogen and oxygen atoms in total. The highest BCUT2D eigenvalue weighted by Crippen LogP contribution is 2.38. The summed E-state index contributed by atoms with van der Waals surface area (Å²) in [6, 6.07) is 10.9. The predicted octanol–water partition coefficient (Wildman–Crippen LogP) is 3.00. The van der Waals surface area contributed by atoms with E-state index in [-0.39, 0.29) is 19.2 Å². The number of carbonyl (C=O) groups is 2. The van der Waals surface area contributed by atoms with Gasteiger partial charge in [0, 0.05) is 0 Å². The highest BCUT2D eigenvalue weighted by Gasteiger charge is 2.49. The van der Waals surface area contributed by atoms with Crippen LogP contribution in [-0.2, 0) is 16.9 Å². The minimum absolute atomic E-state index is 0.161. The van der Waals surface area contributed by atoms with E-state index in [4.69, 9.17) is 9.47 Å². The van der Waals surface area contributed by atoms with Crippen LogP contribution in [0.5, 0.6) is 11.5 Å². The first-order chi connectivity index (χ1) is 12.4. The van der Waals surface area contributed by atoms with E-state index in [0.717, 1.165) is 16.7 Å². The lowest BCUT2D eigenvalue weighted by Crippen LogP contribution is -2.40. The first-order valence-corrected chi connectivity index (χ1v) is 8.48. The Morgan fingerprint density at radius 1 is 1.04 bits per heavy atom. The van der Waals surface area contributed by atoms with Crippen LogP contribution in [0.1, 0.15) is 29.2 Å². The maximum Gasteiger partial charge on any atom is 0.325 e. The number of nitrogens with zero attached hydrogens (tertiary/aromatic N) is 1. The zero-order valence-corrected chi connectivity index (χ0v) is 15.0. The van der Waals surface area contributed by atoms with Crippen molar-refractivity contribution in [2.24, 2.45) is 0 Å². The quantitative estimate of drug-likeness (QED) is 0.863. The summed E-state index contributed by atoms with van der Waals surface area (Å²) in [7, 11) is 0. The molecule has 2 aromatic carbocycles. The molecule has 0 aromatic heterocycles. The summed E-state index contributed by atoms with van der Waals surface area (Å²) < 4.78 is 10.7. The summed E-state index contributed by atoms with van der Waals surface area (Å²) >= 11 is 0. The lowest BCUT2D eigenvalue weighted by atomic mass is 9.91. The second kappa shape index (κ2) is 5.76. The molecular formula is C20H20N2O4. The van der Waals surface area contributed by atoms with E-state index in [9.17, 15) is 9.59 Å². The Labute approximate surface area is 151 Å². The van der Waals surface area contributed by atoms with Crippen molar-refractivity contribution in [2.75, 3.05) is 6.79 Å². The Balaban J connectivity index is 1.64. The lowest BCUT2D eigenvalue weighted by molar-refractivity contribution is -0.131. The van der Waals surface area contributed by atoms with Crippen LogP contribution in [0.4, 0.5) is 4.79 Å². The third kappa shape index (κ3) is 2.58. The predicted molar refractivity (Wildman–Crippen MR) is 94.9 cm³/mol. The number of amides is 3. The minimum atomic E-state index is -1.13. The number of urea groups is 1. The van der Waals surface area contributed by atoms with Crippen LogP contribution in [0, 0.1) is 13.8 Å². The molecule has 6 heteroatoms. The summed E-state index contributed by atoms with van der Waals surface area (Å²) in [5.41, 5.74) is 2.68. The van der Waals surface area contributed by atoms with Gasteiger partial charge >= 0.3 is 6.03 Å². The molecule has 2 aliphatic rings. The summed E-state index contributed by atoms with van der Waals surface area (Å²) in [4.78, 5) is 26.9. The van der Waals surface area contributed by atoms with Gasteiger partial charge in [-0.25, -0.2) is 4.79 Å². The number of fused-ring (bicyclic) bond motifs is 1. The van der Waals surface area contributed by atoms with Gasteiger partial charge in [-0.05, 0) is 44.0 Å². The molecule has 3 amide bonds. The fraction of sp³-hybridized carbons (Fsp3) is 0.300. The second-order valence-corrected chi connectivity index (χ2v) is 7.01. The summed E-state index contributed by atoms with van der Waals surface area (Å²) in [6.45, 7) is 6.12. The van der Waals surface area contributed by atoms with Gasteiger partial charge in [-0.1, -0.05) is 35.4 Å². The zero-order chi connectivity index (χ0) is 18.5. The molecule has 0 saturated carbocycles. The van der Waals surface area contributed by atoms with E-state index in [1.54, 1.807) is 25.1 Å². The molecule has 0 bridgehead atoms. The molecule has 0 unspecified atom stereocenters. The standard InChI is InChI=1S/C20H20N2O4/c1-12-6-13(2)8-14(7-12)10-22-18(23)20(3,21-19(22)24)15-4-5-16-17(9-15)26-11-25-16/h4-9H,10-11H2,1-3H3,(H,21,24)/t20-/m1/s1. The molecule has 1 saturated heterocycles. The Kier molecular flexibility index (Phi) is 3.64. The summed E-state index contributed by atoms with van der Waals surface area (Å²) in [6.07, 6.45) is 0. The molecule has 26 heavy (non-hydrogen) atoms. The molecule has 2 aliphatic heterocycles.